The minimum absolute atomic E-state index is 0.215. The van der Waals surface area contributed by atoms with Gasteiger partial charge >= 0.3 is 0 Å². The van der Waals surface area contributed by atoms with Gasteiger partial charge in [-0.1, -0.05) is 28.1 Å². The van der Waals surface area contributed by atoms with E-state index in [0.717, 1.165) is 21.5 Å². The Morgan fingerprint density at radius 2 is 1.50 bits per heavy atom. The van der Waals surface area contributed by atoms with Crippen LogP contribution in [0.5, 0.6) is 11.5 Å². The van der Waals surface area contributed by atoms with Crippen LogP contribution in [-0.2, 0) is 0 Å². The minimum atomic E-state index is -0.619. The van der Waals surface area contributed by atoms with E-state index in [4.69, 9.17) is 10.5 Å². The zero-order chi connectivity index (χ0) is 13.0. The number of nitrogens with two attached hydrogens (primary N) is 1. The van der Waals surface area contributed by atoms with E-state index in [1.165, 1.54) is 0 Å². The Morgan fingerprint density at radius 3 is 2.00 bits per heavy atom. The summed E-state index contributed by atoms with van der Waals surface area (Å²) in [5, 5.41) is 9.57. The highest BCUT2D eigenvalue weighted by molar-refractivity contribution is 9.10. The van der Waals surface area contributed by atoms with Gasteiger partial charge in [0.25, 0.3) is 0 Å². The molecule has 18 heavy (non-hydrogen) atoms. The van der Waals surface area contributed by atoms with E-state index >= 15 is 0 Å². The number of rotatable bonds is 4. The summed E-state index contributed by atoms with van der Waals surface area (Å²) in [4.78, 5) is 0. The number of halogens is 1. The van der Waals surface area contributed by atoms with Crippen molar-refractivity contribution in [3.63, 3.8) is 0 Å². The summed E-state index contributed by atoms with van der Waals surface area (Å²) in [6.07, 6.45) is -0.619. The standard InChI is InChI=1S/C14H14BrNO2/c15-11-3-7-13(8-4-11)18-12-5-1-10(2-6-12)14(17)9-16/h1-8,14,17H,9,16H2. The molecular formula is C14H14BrNO2. The third-order valence-electron chi connectivity index (χ3n) is 2.54. The fourth-order valence-corrected chi connectivity index (χ4v) is 1.80. The van der Waals surface area contributed by atoms with Crippen molar-refractivity contribution in [3.05, 3.63) is 58.6 Å². The molecule has 0 aromatic heterocycles. The van der Waals surface area contributed by atoms with Crippen LogP contribution in [0, 0.1) is 0 Å². The summed E-state index contributed by atoms with van der Waals surface area (Å²) in [5.41, 5.74) is 6.19. The van der Waals surface area contributed by atoms with Gasteiger partial charge < -0.3 is 15.6 Å². The molecule has 1 unspecified atom stereocenters. The highest BCUT2D eigenvalue weighted by atomic mass is 79.9. The van der Waals surface area contributed by atoms with Crippen LogP contribution in [-0.4, -0.2) is 11.7 Å². The van der Waals surface area contributed by atoms with Crippen molar-refractivity contribution in [2.45, 2.75) is 6.10 Å². The first-order chi connectivity index (χ1) is 8.69. The van der Waals surface area contributed by atoms with E-state index in [1.807, 2.05) is 48.5 Å². The van der Waals surface area contributed by atoms with Crippen molar-refractivity contribution in [2.24, 2.45) is 5.73 Å². The summed E-state index contributed by atoms with van der Waals surface area (Å²) in [7, 11) is 0. The topological polar surface area (TPSA) is 55.5 Å². The van der Waals surface area contributed by atoms with Crippen molar-refractivity contribution in [1.82, 2.24) is 0 Å². The van der Waals surface area contributed by atoms with Crippen molar-refractivity contribution < 1.29 is 9.84 Å². The Kier molecular flexibility index (Phi) is 4.36. The second kappa shape index (κ2) is 6.00. The molecule has 2 aromatic rings. The molecule has 0 aliphatic heterocycles. The fraction of sp³-hybridized carbons (Fsp3) is 0.143. The maximum absolute atomic E-state index is 9.57. The van der Waals surface area contributed by atoms with Gasteiger partial charge in [0, 0.05) is 11.0 Å². The number of benzene rings is 2. The van der Waals surface area contributed by atoms with Crippen LogP contribution >= 0.6 is 15.9 Å². The average Bonchev–Trinajstić information content (AvgIpc) is 2.41. The first-order valence-electron chi connectivity index (χ1n) is 5.60. The summed E-state index contributed by atoms with van der Waals surface area (Å²) in [6.45, 7) is 0.215. The summed E-state index contributed by atoms with van der Waals surface area (Å²) in [5.74, 6) is 1.50. The average molecular weight is 308 g/mol. The highest BCUT2D eigenvalue weighted by Gasteiger charge is 2.05. The zero-order valence-corrected chi connectivity index (χ0v) is 11.3. The second-order valence-electron chi connectivity index (χ2n) is 3.88. The van der Waals surface area contributed by atoms with E-state index in [2.05, 4.69) is 15.9 Å². The molecule has 0 bridgehead atoms. The Bertz CT molecular complexity index is 496. The molecular weight excluding hydrogens is 294 g/mol. The molecule has 0 spiro atoms. The Hall–Kier alpha value is -1.36. The lowest BCUT2D eigenvalue weighted by molar-refractivity contribution is 0.186. The normalized spacial score (nSPS) is 12.2. The highest BCUT2D eigenvalue weighted by Crippen LogP contribution is 2.24. The largest absolute Gasteiger partial charge is 0.457 e. The minimum Gasteiger partial charge on any atom is -0.457 e. The molecule has 1 atom stereocenters. The number of hydrogen-bond acceptors (Lipinski definition) is 3. The number of aliphatic hydroxyl groups is 1. The van der Waals surface area contributed by atoms with Gasteiger partial charge in [-0.2, -0.15) is 0 Å². The smallest absolute Gasteiger partial charge is 0.127 e. The lowest BCUT2D eigenvalue weighted by Crippen LogP contribution is -2.11. The van der Waals surface area contributed by atoms with Crippen molar-refractivity contribution in [1.29, 1.82) is 0 Å². The van der Waals surface area contributed by atoms with Crippen LogP contribution in [0.3, 0.4) is 0 Å². The van der Waals surface area contributed by atoms with Crippen LogP contribution in [0.1, 0.15) is 11.7 Å². The molecule has 0 heterocycles. The van der Waals surface area contributed by atoms with E-state index in [1.54, 1.807) is 0 Å². The second-order valence-corrected chi connectivity index (χ2v) is 4.79. The molecule has 2 rings (SSSR count). The first kappa shape index (κ1) is 13.1. The summed E-state index contributed by atoms with van der Waals surface area (Å²) < 4.78 is 6.68. The number of aliphatic hydroxyl groups excluding tert-OH is 1. The van der Waals surface area contributed by atoms with Gasteiger partial charge in [0.05, 0.1) is 6.10 Å². The predicted molar refractivity (Wildman–Crippen MR) is 74.7 cm³/mol. The quantitative estimate of drug-likeness (QED) is 0.912. The Labute approximate surface area is 114 Å². The molecule has 0 fully saturated rings. The maximum Gasteiger partial charge on any atom is 0.127 e. The van der Waals surface area contributed by atoms with E-state index in [0.29, 0.717) is 0 Å². The van der Waals surface area contributed by atoms with Crippen molar-refractivity contribution >= 4 is 15.9 Å². The van der Waals surface area contributed by atoms with Crippen LogP contribution in [0.4, 0.5) is 0 Å². The van der Waals surface area contributed by atoms with Crippen LogP contribution < -0.4 is 10.5 Å². The fourth-order valence-electron chi connectivity index (χ4n) is 1.53. The molecule has 0 aliphatic carbocycles. The molecule has 4 heteroatoms. The van der Waals surface area contributed by atoms with Gasteiger partial charge in [0.1, 0.15) is 11.5 Å². The molecule has 2 aromatic carbocycles. The van der Waals surface area contributed by atoms with Gasteiger partial charge in [-0.25, -0.2) is 0 Å². The predicted octanol–water partition coefficient (Wildman–Crippen LogP) is 3.23. The lowest BCUT2D eigenvalue weighted by Gasteiger charge is -2.10. The first-order valence-corrected chi connectivity index (χ1v) is 6.40. The van der Waals surface area contributed by atoms with E-state index < -0.39 is 6.10 Å². The van der Waals surface area contributed by atoms with Gasteiger partial charge in [-0.05, 0) is 42.0 Å². The Balaban J connectivity index is 2.08. The monoisotopic (exact) mass is 307 g/mol. The van der Waals surface area contributed by atoms with Gasteiger partial charge in [0.2, 0.25) is 0 Å². The van der Waals surface area contributed by atoms with Crippen molar-refractivity contribution in [2.75, 3.05) is 6.54 Å². The van der Waals surface area contributed by atoms with E-state index in [9.17, 15) is 5.11 Å². The lowest BCUT2D eigenvalue weighted by atomic mass is 10.1. The van der Waals surface area contributed by atoms with E-state index in [-0.39, 0.29) is 6.54 Å². The SMILES string of the molecule is NCC(O)c1ccc(Oc2ccc(Br)cc2)cc1. The number of ether oxygens (including phenoxy) is 1. The third-order valence-corrected chi connectivity index (χ3v) is 3.07. The molecule has 0 radical (unpaired) electrons. The summed E-state index contributed by atoms with van der Waals surface area (Å²) >= 11 is 3.37. The van der Waals surface area contributed by atoms with Crippen LogP contribution in [0.2, 0.25) is 0 Å². The molecule has 3 nitrogen and oxygen atoms in total. The molecule has 0 saturated carbocycles. The van der Waals surface area contributed by atoms with Crippen molar-refractivity contribution in [3.8, 4) is 11.5 Å². The molecule has 0 amide bonds. The van der Waals surface area contributed by atoms with Gasteiger partial charge in [-0.15, -0.1) is 0 Å². The van der Waals surface area contributed by atoms with Crippen LogP contribution in [0.25, 0.3) is 0 Å². The molecule has 94 valence electrons. The third kappa shape index (κ3) is 3.32. The Morgan fingerprint density at radius 1 is 1.00 bits per heavy atom. The number of hydrogen-bond donors (Lipinski definition) is 2. The maximum atomic E-state index is 9.57. The van der Waals surface area contributed by atoms with Gasteiger partial charge in [-0.3, -0.25) is 0 Å². The molecule has 3 N–H and O–H groups in total. The molecule has 0 saturated heterocycles. The van der Waals surface area contributed by atoms with Gasteiger partial charge in [0.15, 0.2) is 0 Å². The van der Waals surface area contributed by atoms with Crippen LogP contribution in [0.15, 0.2) is 53.0 Å². The zero-order valence-electron chi connectivity index (χ0n) is 9.71. The molecule has 0 aliphatic rings. The summed E-state index contributed by atoms with van der Waals surface area (Å²) in [6, 6.07) is 14.9.